The van der Waals surface area contributed by atoms with Gasteiger partial charge in [-0.25, -0.2) is 0 Å². The molecule has 0 spiro atoms. The Morgan fingerprint density at radius 3 is 3.00 bits per heavy atom. The molecule has 1 aliphatic rings. The Balaban J connectivity index is 1.77. The third-order valence-corrected chi connectivity index (χ3v) is 4.10. The monoisotopic (exact) mass is 310 g/mol. The summed E-state index contributed by atoms with van der Waals surface area (Å²) in [4.78, 5) is 16.1. The normalized spacial score (nSPS) is 15.8. The molecule has 1 aromatic carbocycles. The minimum absolute atomic E-state index is 0.00373. The number of rotatable bonds is 5. The molecule has 0 aliphatic carbocycles. The fourth-order valence-electron chi connectivity index (χ4n) is 2.95. The van der Waals surface area contributed by atoms with Gasteiger partial charge in [-0.1, -0.05) is 25.1 Å². The number of carbonyl (C=O) groups is 1. The molecule has 23 heavy (non-hydrogen) atoms. The van der Waals surface area contributed by atoms with E-state index in [0.717, 1.165) is 35.4 Å². The summed E-state index contributed by atoms with van der Waals surface area (Å²) in [6, 6.07) is 10.2. The van der Waals surface area contributed by atoms with Crippen molar-refractivity contribution in [3.8, 4) is 17.0 Å². The van der Waals surface area contributed by atoms with Gasteiger partial charge in [0.25, 0.3) is 0 Å². The first-order valence-electron chi connectivity index (χ1n) is 8.16. The quantitative estimate of drug-likeness (QED) is 0.922. The maximum Gasteiger partial charge on any atom is 0.220 e. The maximum absolute atomic E-state index is 11.6. The van der Waals surface area contributed by atoms with Crippen LogP contribution in [0, 0.1) is 6.92 Å². The third kappa shape index (κ3) is 3.36. The summed E-state index contributed by atoms with van der Waals surface area (Å²) in [5, 5.41) is 2.95. The molecule has 0 bridgehead atoms. The second kappa shape index (κ2) is 6.82. The Morgan fingerprint density at radius 1 is 1.35 bits per heavy atom. The highest BCUT2D eigenvalue weighted by Crippen LogP contribution is 2.38. The van der Waals surface area contributed by atoms with Crippen LogP contribution in [0.1, 0.15) is 30.9 Å². The van der Waals surface area contributed by atoms with Crippen LogP contribution in [0.4, 0.5) is 0 Å². The summed E-state index contributed by atoms with van der Waals surface area (Å²) in [6.07, 6.45) is 4.05. The molecule has 0 unspecified atom stereocenters. The van der Waals surface area contributed by atoms with Gasteiger partial charge in [-0.15, -0.1) is 0 Å². The van der Waals surface area contributed by atoms with Crippen LogP contribution in [0.3, 0.4) is 0 Å². The number of benzene rings is 1. The zero-order chi connectivity index (χ0) is 16.2. The zero-order valence-electron chi connectivity index (χ0n) is 13.6. The molecule has 4 heteroatoms. The second-order valence-corrected chi connectivity index (χ2v) is 5.96. The predicted molar refractivity (Wildman–Crippen MR) is 90.4 cm³/mol. The molecule has 1 N–H and O–H groups in total. The number of nitrogens with one attached hydrogen (secondary N) is 1. The standard InChI is InChI=1S/C19H22N2O2/c1-3-6-17(22)21-12-15-11-14-8-4-9-16(19(14)23-15)18-13(2)7-5-10-20-18/h4-5,7-10,15H,3,6,11-12H2,1-2H3,(H,21,22)/t15-/m1/s1. The van der Waals surface area contributed by atoms with Crippen LogP contribution in [0.5, 0.6) is 5.75 Å². The Bertz CT molecular complexity index is 712. The Morgan fingerprint density at radius 2 is 2.22 bits per heavy atom. The number of hydrogen-bond donors (Lipinski definition) is 1. The topological polar surface area (TPSA) is 51.2 Å². The fourth-order valence-corrected chi connectivity index (χ4v) is 2.95. The van der Waals surface area contributed by atoms with Gasteiger partial charge in [-0.3, -0.25) is 9.78 Å². The summed E-state index contributed by atoms with van der Waals surface area (Å²) in [7, 11) is 0. The van der Waals surface area contributed by atoms with E-state index in [4.69, 9.17) is 4.74 Å². The van der Waals surface area contributed by atoms with Gasteiger partial charge in [0.2, 0.25) is 5.91 Å². The van der Waals surface area contributed by atoms with Crippen LogP contribution in [-0.2, 0) is 11.2 Å². The molecule has 0 radical (unpaired) electrons. The number of nitrogens with zero attached hydrogens (tertiary/aromatic N) is 1. The van der Waals surface area contributed by atoms with Crippen LogP contribution in [0.2, 0.25) is 0 Å². The number of carbonyl (C=O) groups excluding carboxylic acids is 1. The second-order valence-electron chi connectivity index (χ2n) is 5.96. The van der Waals surface area contributed by atoms with E-state index in [0.29, 0.717) is 13.0 Å². The minimum atomic E-state index is -0.00373. The maximum atomic E-state index is 11.6. The fraction of sp³-hybridized carbons (Fsp3) is 0.368. The lowest BCUT2D eigenvalue weighted by molar-refractivity contribution is -0.121. The Labute approximate surface area is 136 Å². The van der Waals surface area contributed by atoms with E-state index in [2.05, 4.69) is 29.4 Å². The number of pyridine rings is 1. The summed E-state index contributed by atoms with van der Waals surface area (Å²) in [5.41, 5.74) is 4.30. The summed E-state index contributed by atoms with van der Waals surface area (Å²) < 4.78 is 6.12. The lowest BCUT2D eigenvalue weighted by Crippen LogP contribution is -2.34. The highest BCUT2D eigenvalue weighted by Gasteiger charge is 2.26. The molecule has 0 saturated heterocycles. The van der Waals surface area contributed by atoms with Crippen molar-refractivity contribution in [1.29, 1.82) is 0 Å². The lowest BCUT2D eigenvalue weighted by atomic mass is 10.0. The average Bonchev–Trinajstić information content (AvgIpc) is 2.97. The van der Waals surface area contributed by atoms with E-state index in [9.17, 15) is 4.79 Å². The van der Waals surface area contributed by atoms with Gasteiger partial charge in [0.05, 0.1) is 12.2 Å². The SMILES string of the molecule is CCCC(=O)NC[C@H]1Cc2cccc(-c3ncccc3C)c2O1. The van der Waals surface area contributed by atoms with Gasteiger partial charge in [0, 0.05) is 24.6 Å². The molecule has 2 aromatic rings. The number of hydrogen-bond acceptors (Lipinski definition) is 3. The molecular weight excluding hydrogens is 288 g/mol. The van der Waals surface area contributed by atoms with E-state index in [-0.39, 0.29) is 12.0 Å². The number of aryl methyl sites for hydroxylation is 1. The molecule has 1 aromatic heterocycles. The molecule has 1 atom stereocenters. The van der Waals surface area contributed by atoms with Crippen molar-refractivity contribution < 1.29 is 9.53 Å². The van der Waals surface area contributed by atoms with Crippen LogP contribution in [0.25, 0.3) is 11.3 Å². The van der Waals surface area contributed by atoms with E-state index >= 15 is 0 Å². The summed E-state index contributed by atoms with van der Waals surface area (Å²) in [6.45, 7) is 4.61. The first-order chi connectivity index (χ1) is 11.2. The molecule has 0 fully saturated rings. The summed E-state index contributed by atoms with van der Waals surface area (Å²) >= 11 is 0. The van der Waals surface area contributed by atoms with Crippen LogP contribution in [-0.4, -0.2) is 23.5 Å². The molecule has 4 nitrogen and oxygen atoms in total. The number of aromatic nitrogens is 1. The lowest BCUT2D eigenvalue weighted by Gasteiger charge is -2.14. The van der Waals surface area contributed by atoms with Crippen LogP contribution in [0.15, 0.2) is 36.5 Å². The molecule has 1 amide bonds. The first-order valence-corrected chi connectivity index (χ1v) is 8.16. The highest BCUT2D eigenvalue weighted by atomic mass is 16.5. The van der Waals surface area contributed by atoms with Crippen LogP contribution < -0.4 is 10.1 Å². The number of amides is 1. The first kappa shape index (κ1) is 15.5. The Kier molecular flexibility index (Phi) is 4.60. The van der Waals surface area contributed by atoms with Gasteiger partial charge in [0.1, 0.15) is 11.9 Å². The predicted octanol–water partition coefficient (Wildman–Crippen LogP) is 3.28. The van der Waals surface area contributed by atoms with E-state index in [1.165, 1.54) is 5.56 Å². The smallest absolute Gasteiger partial charge is 0.220 e. The van der Waals surface area contributed by atoms with Crippen molar-refractivity contribution in [1.82, 2.24) is 10.3 Å². The van der Waals surface area contributed by atoms with Gasteiger partial charge in [-0.2, -0.15) is 0 Å². The number of fused-ring (bicyclic) bond motifs is 1. The van der Waals surface area contributed by atoms with Crippen molar-refractivity contribution in [2.45, 2.75) is 39.2 Å². The summed E-state index contributed by atoms with van der Waals surface area (Å²) in [5.74, 6) is 0.997. The molecule has 2 heterocycles. The molecule has 120 valence electrons. The van der Waals surface area contributed by atoms with E-state index in [1.807, 2.05) is 25.1 Å². The largest absolute Gasteiger partial charge is 0.487 e. The minimum Gasteiger partial charge on any atom is -0.487 e. The zero-order valence-corrected chi connectivity index (χ0v) is 13.6. The van der Waals surface area contributed by atoms with E-state index < -0.39 is 0 Å². The number of para-hydroxylation sites is 1. The van der Waals surface area contributed by atoms with E-state index in [1.54, 1.807) is 6.20 Å². The van der Waals surface area contributed by atoms with Crippen LogP contribution >= 0.6 is 0 Å². The van der Waals surface area contributed by atoms with Crippen molar-refractivity contribution in [2.24, 2.45) is 0 Å². The molecule has 1 aliphatic heterocycles. The third-order valence-electron chi connectivity index (χ3n) is 4.10. The number of ether oxygens (including phenoxy) is 1. The van der Waals surface area contributed by atoms with Crippen molar-refractivity contribution in [3.05, 3.63) is 47.7 Å². The van der Waals surface area contributed by atoms with Gasteiger partial charge in [0.15, 0.2) is 0 Å². The molecular formula is C19H22N2O2. The van der Waals surface area contributed by atoms with Gasteiger partial charge in [-0.05, 0) is 36.6 Å². The van der Waals surface area contributed by atoms with Crippen molar-refractivity contribution >= 4 is 5.91 Å². The van der Waals surface area contributed by atoms with Crippen molar-refractivity contribution in [3.63, 3.8) is 0 Å². The van der Waals surface area contributed by atoms with Gasteiger partial charge < -0.3 is 10.1 Å². The molecule has 3 rings (SSSR count). The highest BCUT2D eigenvalue weighted by molar-refractivity contribution is 5.76. The Hall–Kier alpha value is -2.36. The molecule has 0 saturated carbocycles. The van der Waals surface area contributed by atoms with Gasteiger partial charge >= 0.3 is 0 Å². The average molecular weight is 310 g/mol. The van der Waals surface area contributed by atoms with Crippen molar-refractivity contribution in [2.75, 3.05) is 6.54 Å².